The highest BCUT2D eigenvalue weighted by Crippen LogP contribution is 2.30. The van der Waals surface area contributed by atoms with Crippen molar-refractivity contribution in [3.8, 4) is 11.8 Å². The molecule has 3 N–H and O–H groups in total. The summed E-state index contributed by atoms with van der Waals surface area (Å²) in [5.74, 6) is -1.38. The zero-order valence-corrected chi connectivity index (χ0v) is 7.92. The van der Waals surface area contributed by atoms with Crippen molar-refractivity contribution < 1.29 is 9.50 Å². The third-order valence-electron chi connectivity index (χ3n) is 1.77. The number of halogens is 2. The first-order valence-electron chi connectivity index (χ1n) is 3.86. The maximum Gasteiger partial charge on any atom is 0.166 e. The van der Waals surface area contributed by atoms with Crippen LogP contribution in [0.2, 0.25) is 5.02 Å². The minimum Gasteiger partial charge on any atom is -0.505 e. The van der Waals surface area contributed by atoms with Gasteiger partial charge >= 0.3 is 0 Å². The average molecular weight is 215 g/mol. The molecule has 3 nitrogen and oxygen atoms in total. The summed E-state index contributed by atoms with van der Waals surface area (Å²) in [6.07, 6.45) is -0.00660. The number of nitrogens with two attached hydrogens (primary N) is 1. The Bertz CT molecular complexity index is 389. The summed E-state index contributed by atoms with van der Waals surface area (Å²) in [5, 5.41) is 17.8. The minimum absolute atomic E-state index is 0.00660. The Balaban J connectivity index is 3.14. The predicted octanol–water partition coefficient (Wildman–Crippen LogP) is 2.10. The molecule has 1 aromatic carbocycles. The van der Waals surface area contributed by atoms with E-state index in [2.05, 4.69) is 0 Å². The van der Waals surface area contributed by atoms with Crippen LogP contribution >= 0.6 is 11.6 Å². The summed E-state index contributed by atoms with van der Waals surface area (Å²) in [6, 6.07) is 3.44. The van der Waals surface area contributed by atoms with Gasteiger partial charge < -0.3 is 10.8 Å². The van der Waals surface area contributed by atoms with Gasteiger partial charge in [0.2, 0.25) is 0 Å². The first-order chi connectivity index (χ1) is 6.56. The van der Waals surface area contributed by atoms with Crippen LogP contribution in [0.3, 0.4) is 0 Å². The smallest absolute Gasteiger partial charge is 0.166 e. The van der Waals surface area contributed by atoms with Crippen LogP contribution in [-0.2, 0) is 0 Å². The molecule has 0 unspecified atom stereocenters. The highest BCUT2D eigenvalue weighted by Gasteiger charge is 2.15. The van der Waals surface area contributed by atoms with Crippen LogP contribution in [0.1, 0.15) is 18.0 Å². The fourth-order valence-corrected chi connectivity index (χ4v) is 1.29. The lowest BCUT2D eigenvalue weighted by Crippen LogP contribution is -2.10. The number of rotatable bonds is 2. The molecule has 74 valence electrons. The van der Waals surface area contributed by atoms with E-state index in [1.807, 2.05) is 6.07 Å². The van der Waals surface area contributed by atoms with Gasteiger partial charge in [0.15, 0.2) is 11.6 Å². The molecule has 0 fully saturated rings. The normalized spacial score (nSPS) is 12.1. The number of nitriles is 1. The van der Waals surface area contributed by atoms with Gasteiger partial charge in [0.05, 0.1) is 12.5 Å². The number of phenols is 1. The first kappa shape index (κ1) is 10.8. The monoisotopic (exact) mass is 214 g/mol. The fourth-order valence-electron chi connectivity index (χ4n) is 1.08. The van der Waals surface area contributed by atoms with Gasteiger partial charge in [-0.3, -0.25) is 0 Å². The molecule has 0 aliphatic heterocycles. The Morgan fingerprint density at radius 3 is 2.86 bits per heavy atom. The van der Waals surface area contributed by atoms with Gasteiger partial charge in [-0.15, -0.1) is 0 Å². The zero-order valence-electron chi connectivity index (χ0n) is 7.17. The number of nitrogens with zero attached hydrogens (tertiary/aromatic N) is 1. The van der Waals surface area contributed by atoms with Gasteiger partial charge in [0.25, 0.3) is 0 Å². The van der Waals surface area contributed by atoms with E-state index in [-0.39, 0.29) is 17.0 Å². The molecule has 0 spiro atoms. The molecule has 1 rings (SSSR count). The van der Waals surface area contributed by atoms with Crippen molar-refractivity contribution in [3.05, 3.63) is 28.5 Å². The van der Waals surface area contributed by atoms with Crippen LogP contribution in [0.5, 0.6) is 5.75 Å². The van der Waals surface area contributed by atoms with Crippen LogP contribution in [0.15, 0.2) is 12.1 Å². The molecule has 1 aromatic rings. The lowest BCUT2D eigenvalue weighted by Gasteiger charge is -2.10. The van der Waals surface area contributed by atoms with Crippen molar-refractivity contribution >= 4 is 11.6 Å². The van der Waals surface area contributed by atoms with Crippen molar-refractivity contribution in [3.63, 3.8) is 0 Å². The molecule has 0 aromatic heterocycles. The summed E-state index contributed by atoms with van der Waals surface area (Å²) in [5.41, 5.74) is 5.69. The third kappa shape index (κ3) is 2.13. The fraction of sp³-hybridized carbons (Fsp3) is 0.222. The molecule has 0 heterocycles. The molecule has 0 aliphatic carbocycles. The Labute approximate surface area is 85.5 Å². The van der Waals surface area contributed by atoms with Crippen molar-refractivity contribution in [2.24, 2.45) is 5.73 Å². The Kier molecular flexibility index (Phi) is 3.28. The molecular weight excluding hydrogens is 207 g/mol. The molecule has 0 saturated carbocycles. The zero-order chi connectivity index (χ0) is 10.7. The average Bonchev–Trinajstić information content (AvgIpc) is 2.11. The van der Waals surface area contributed by atoms with E-state index in [9.17, 15) is 9.50 Å². The first-order valence-corrected chi connectivity index (χ1v) is 4.24. The van der Waals surface area contributed by atoms with E-state index in [0.29, 0.717) is 0 Å². The molecule has 0 bridgehead atoms. The molecule has 0 radical (unpaired) electrons. The van der Waals surface area contributed by atoms with Gasteiger partial charge in [-0.05, 0) is 12.1 Å². The second kappa shape index (κ2) is 4.27. The molecule has 5 heteroatoms. The highest BCUT2D eigenvalue weighted by atomic mass is 35.5. The van der Waals surface area contributed by atoms with E-state index in [1.165, 1.54) is 6.07 Å². The number of benzene rings is 1. The topological polar surface area (TPSA) is 70.0 Å². The summed E-state index contributed by atoms with van der Waals surface area (Å²) in [7, 11) is 0. The quantitative estimate of drug-likeness (QED) is 0.792. The second-order valence-electron chi connectivity index (χ2n) is 2.79. The summed E-state index contributed by atoms with van der Waals surface area (Å²) < 4.78 is 13.0. The summed E-state index contributed by atoms with van der Waals surface area (Å²) >= 11 is 5.58. The Hall–Kier alpha value is -1.31. The molecule has 0 amide bonds. The lowest BCUT2D eigenvalue weighted by atomic mass is 10.0. The van der Waals surface area contributed by atoms with E-state index >= 15 is 0 Å². The van der Waals surface area contributed by atoms with Crippen molar-refractivity contribution in [2.75, 3.05) is 0 Å². The maximum absolute atomic E-state index is 13.0. The maximum atomic E-state index is 13.0. The number of hydrogen-bond donors (Lipinski definition) is 2. The second-order valence-corrected chi connectivity index (χ2v) is 3.23. The van der Waals surface area contributed by atoms with E-state index in [0.717, 1.165) is 6.07 Å². The SMILES string of the molecule is N#CC[C@H](N)c1cc(Cl)cc(F)c1O. The predicted molar refractivity (Wildman–Crippen MR) is 50.2 cm³/mol. The van der Waals surface area contributed by atoms with Crippen LogP contribution in [0, 0.1) is 17.1 Å². The standard InChI is InChI=1S/C9H8ClFN2O/c10-5-3-6(8(13)1-2-12)9(14)7(11)4-5/h3-4,8,14H,1,13H2/t8-/m0/s1. The van der Waals surface area contributed by atoms with Gasteiger partial charge in [-0.25, -0.2) is 4.39 Å². The third-order valence-corrected chi connectivity index (χ3v) is 1.99. The Morgan fingerprint density at radius 1 is 1.64 bits per heavy atom. The van der Waals surface area contributed by atoms with Crippen molar-refractivity contribution in [1.29, 1.82) is 5.26 Å². The van der Waals surface area contributed by atoms with E-state index in [1.54, 1.807) is 0 Å². The van der Waals surface area contributed by atoms with Gasteiger partial charge in [0, 0.05) is 16.6 Å². The summed E-state index contributed by atoms with van der Waals surface area (Å²) in [6.45, 7) is 0. The van der Waals surface area contributed by atoms with Gasteiger partial charge in [-0.1, -0.05) is 11.6 Å². The van der Waals surface area contributed by atoms with Crippen molar-refractivity contribution in [1.82, 2.24) is 0 Å². The Morgan fingerprint density at radius 2 is 2.29 bits per heavy atom. The lowest BCUT2D eigenvalue weighted by molar-refractivity contribution is 0.421. The van der Waals surface area contributed by atoms with Crippen LogP contribution < -0.4 is 5.73 Å². The molecule has 1 atom stereocenters. The molecule has 0 saturated heterocycles. The highest BCUT2D eigenvalue weighted by molar-refractivity contribution is 6.30. The molecular formula is C9H8ClFN2O. The van der Waals surface area contributed by atoms with E-state index in [4.69, 9.17) is 22.6 Å². The van der Waals surface area contributed by atoms with Gasteiger partial charge in [-0.2, -0.15) is 5.26 Å². The molecule has 0 aliphatic rings. The van der Waals surface area contributed by atoms with Gasteiger partial charge in [0.1, 0.15) is 0 Å². The van der Waals surface area contributed by atoms with Crippen LogP contribution in [0.4, 0.5) is 4.39 Å². The van der Waals surface area contributed by atoms with Crippen molar-refractivity contribution in [2.45, 2.75) is 12.5 Å². The largest absolute Gasteiger partial charge is 0.505 e. The minimum atomic E-state index is -0.833. The number of hydrogen-bond acceptors (Lipinski definition) is 3. The molecule has 14 heavy (non-hydrogen) atoms. The van der Waals surface area contributed by atoms with Crippen LogP contribution in [0.25, 0.3) is 0 Å². The summed E-state index contributed by atoms with van der Waals surface area (Å²) in [4.78, 5) is 0. The van der Waals surface area contributed by atoms with Crippen LogP contribution in [-0.4, -0.2) is 5.11 Å². The number of phenolic OH excluding ortho intramolecular Hbond substituents is 1. The number of aromatic hydroxyl groups is 1. The van der Waals surface area contributed by atoms with E-state index < -0.39 is 17.6 Å².